The smallest absolute Gasteiger partial charge is 0.328 e. The van der Waals surface area contributed by atoms with Gasteiger partial charge < -0.3 is 38.0 Å². The second-order valence-electron chi connectivity index (χ2n) is 29.5. The minimum Gasteiger partial charge on any atom is -0.478 e. The first-order chi connectivity index (χ1) is 61.2. The van der Waals surface area contributed by atoms with Crippen LogP contribution in [0.5, 0.6) is 0 Å². The molecule has 0 spiro atoms. The molecule has 2 aliphatic rings. The third-order valence-electron chi connectivity index (χ3n) is 21.2. The van der Waals surface area contributed by atoms with Gasteiger partial charge in [-0.2, -0.15) is 0 Å². The summed E-state index contributed by atoms with van der Waals surface area (Å²) in [7, 11) is 8.74. The summed E-state index contributed by atoms with van der Waals surface area (Å²) in [6.45, 7) is 7.29. The number of anilines is 4. The summed E-state index contributed by atoms with van der Waals surface area (Å²) in [5.74, 6) is -0.641. The fourth-order valence-electron chi connectivity index (χ4n) is 14.5. The van der Waals surface area contributed by atoms with Crippen LogP contribution in [-0.2, 0) is 26.7 Å². The first-order valence-corrected chi connectivity index (χ1v) is 42.8. The Morgan fingerprint density at radius 3 is 1.17 bits per heavy atom. The van der Waals surface area contributed by atoms with Crippen LogP contribution in [0.2, 0.25) is 40.7 Å². The van der Waals surface area contributed by atoms with Crippen molar-refractivity contribution in [3.8, 4) is 67.3 Å². The van der Waals surface area contributed by atoms with Gasteiger partial charge in [0.15, 0.2) is 5.65 Å². The van der Waals surface area contributed by atoms with Gasteiger partial charge in [-0.05, 0) is 192 Å². The third kappa shape index (κ3) is 23.7. The predicted octanol–water partition coefficient (Wildman–Crippen LogP) is 23.8. The first-order valence-electron chi connectivity index (χ1n) is 39.7. The van der Waals surface area contributed by atoms with Gasteiger partial charge >= 0.3 is 5.97 Å². The largest absolute Gasteiger partial charge is 0.478 e. The van der Waals surface area contributed by atoms with Gasteiger partial charge in [0.25, 0.3) is 5.69 Å². The van der Waals surface area contributed by atoms with E-state index in [0.29, 0.717) is 86.7 Å². The molecular formula is C95H93Cl9FeN20O6. The zero-order valence-corrected chi connectivity index (χ0v) is 79.3. The summed E-state index contributed by atoms with van der Waals surface area (Å²) >= 11 is 51.6. The number of aliphatic hydroxyl groups excluding tert-OH is 1. The van der Waals surface area contributed by atoms with Gasteiger partial charge in [-0.15, -0.1) is 12.4 Å². The van der Waals surface area contributed by atoms with Crippen molar-refractivity contribution in [2.45, 2.75) is 66.0 Å². The topological polar surface area (TPSA) is 349 Å². The van der Waals surface area contributed by atoms with Crippen LogP contribution in [0.3, 0.4) is 0 Å². The van der Waals surface area contributed by atoms with Crippen LogP contribution < -0.4 is 27.8 Å². The van der Waals surface area contributed by atoms with E-state index in [1.165, 1.54) is 56.5 Å². The van der Waals surface area contributed by atoms with Crippen LogP contribution in [0.25, 0.3) is 111 Å². The van der Waals surface area contributed by atoms with E-state index in [9.17, 15) is 19.7 Å². The molecule has 0 radical (unpaired) electrons. The third-order valence-corrected chi connectivity index (χ3v) is 23.6. The number of carboxylic acids is 1. The van der Waals surface area contributed by atoms with Gasteiger partial charge in [-0.25, -0.2) is 44.7 Å². The predicted molar refractivity (Wildman–Crippen MR) is 534 cm³/mol. The molecule has 18 rings (SSSR count). The molecule has 16 aromatic rings. The average molecular weight is 1990 g/mol. The Hall–Kier alpha value is -11.6. The number of non-ortho nitro benzene ring substituents is 1. The molecule has 0 saturated heterocycles. The molecule has 8 aromatic heterocycles. The number of aromatic nitrogens is 12. The van der Waals surface area contributed by atoms with Gasteiger partial charge in [0.2, 0.25) is 5.91 Å². The van der Waals surface area contributed by atoms with E-state index >= 15 is 0 Å². The van der Waals surface area contributed by atoms with E-state index in [-0.39, 0.29) is 54.6 Å². The van der Waals surface area contributed by atoms with Crippen LogP contribution in [0.4, 0.5) is 28.6 Å². The summed E-state index contributed by atoms with van der Waals surface area (Å²) < 4.78 is 7.37. The number of fused-ring (bicyclic) bond motifs is 4. The van der Waals surface area contributed by atoms with Gasteiger partial charge in [-0.3, -0.25) is 43.0 Å². The number of nitrogen functional groups attached to an aromatic ring is 2. The molecule has 10 N–H and O–H groups in total. The fraction of sp³-hybridized carbons (Fsp3) is 0.179. The Kier molecular flexibility index (Phi) is 36.6. The normalized spacial score (nSPS) is 11.9. The summed E-state index contributed by atoms with van der Waals surface area (Å²) in [5, 5.41) is 37.5. The van der Waals surface area contributed by atoms with E-state index in [1.807, 2.05) is 200 Å². The number of nitro benzene ring substituents is 1. The van der Waals surface area contributed by atoms with Gasteiger partial charge in [0.05, 0.1) is 66.3 Å². The summed E-state index contributed by atoms with van der Waals surface area (Å²) in [5.41, 5.74) is 29.8. The number of likely N-dealkylation sites (N-methyl/N-ethyl adjacent to an activating group) is 3. The number of carbonyl (C=O) groups excluding carboxylic acids is 1. The molecule has 0 bridgehead atoms. The number of aryl methyl sites for hydroxylation is 3. The quantitative estimate of drug-likeness (QED) is 0.0144. The van der Waals surface area contributed by atoms with E-state index in [2.05, 4.69) is 62.0 Å². The molecule has 680 valence electrons. The van der Waals surface area contributed by atoms with E-state index in [1.54, 1.807) is 77.7 Å². The van der Waals surface area contributed by atoms with Crippen molar-refractivity contribution in [1.29, 1.82) is 0 Å². The standard InChI is InChI=1S/C27H26Cl2N6O.C20H16Cl2N4.C19H12Cl2N4O2.C19H14Cl2N4.C8H13NO2.CH4O.CH4.ClH.Fe.H3N/c1-33(19-12-13-19)14-4-7-22(36)34(2)20-5-3-6-21(15-20)35-25(29)23(17-8-10-18(28)11-9-17)24-26(30)31-16-32-27(24)35;1-12-17-18(13-6-8-14(21)9-7-13)19(22)26(20(17)25-11-24-12)16-5-3-4-15(10-16)23-2;1-11-16-17(12-5-7-13(20)8-6-12)18(21)24(19(16)23-10-22-11)14-3-2-4-15(9-14)25(26)27;1-11-16-17(12-5-7-13(20)8-6-12)18(21)25(19(16)24-10-23-11)15-4-2-3-14(22)9-15;1-9(7-4-5-7)6-2-3-8(10)11;1-2;;;;/h3-11,15-16,19H,12-14H2,1-2H3,(H2,30,31,32);3-11,23H,1-2H3;2-10H,1H3;2-10H,22H2,1H3;2-3,7H,4-6H2,1H3,(H,10,11);2H,1H3;1H4;1H;;1H3/b7-4+;;;;3-2+;;;;;. The van der Waals surface area contributed by atoms with Crippen molar-refractivity contribution in [3.63, 3.8) is 0 Å². The molecule has 0 atom stereocenters. The number of carbonyl (C=O) groups is 2. The molecule has 26 nitrogen and oxygen atoms in total. The Balaban J connectivity index is 0.000000188. The Morgan fingerprint density at radius 2 is 0.802 bits per heavy atom. The molecule has 2 aliphatic carbocycles. The zero-order valence-electron chi connectivity index (χ0n) is 71.3. The zero-order chi connectivity index (χ0) is 90.6. The monoisotopic (exact) mass is 1980 g/mol. The van der Waals surface area contributed by atoms with E-state index in [0.717, 1.165) is 138 Å². The van der Waals surface area contributed by atoms with Gasteiger partial charge in [0.1, 0.15) is 68.7 Å². The number of nitrogens with zero attached hydrogens (tertiary/aromatic N) is 16. The van der Waals surface area contributed by atoms with Crippen LogP contribution in [0.15, 0.2) is 244 Å². The molecule has 2 fully saturated rings. The number of aliphatic hydroxyl groups is 1. The van der Waals surface area contributed by atoms with E-state index in [4.69, 9.17) is 114 Å². The number of hydrogen-bond acceptors (Lipinski definition) is 19. The van der Waals surface area contributed by atoms with Gasteiger partial charge in [-0.1, -0.05) is 185 Å². The second kappa shape index (κ2) is 46.5. The summed E-state index contributed by atoms with van der Waals surface area (Å²) in [4.78, 5) is 74.7. The number of benzene rings is 8. The maximum absolute atomic E-state index is 12.8. The molecule has 1 amide bonds. The maximum atomic E-state index is 12.8. The van der Waals surface area contributed by atoms with Crippen molar-refractivity contribution in [1.82, 2.24) is 74.1 Å². The number of halogens is 9. The number of nitrogens with one attached hydrogen (secondary N) is 1. The second-order valence-corrected chi connectivity index (χ2v) is 32.7. The van der Waals surface area contributed by atoms with Crippen molar-refractivity contribution in [2.24, 2.45) is 0 Å². The van der Waals surface area contributed by atoms with Crippen LogP contribution >= 0.6 is 105 Å². The van der Waals surface area contributed by atoms with Crippen molar-refractivity contribution in [3.05, 3.63) is 312 Å². The Morgan fingerprint density at radius 1 is 0.473 bits per heavy atom. The average Bonchev–Trinajstić information content (AvgIpc) is 1.61. The molecule has 36 heteroatoms. The van der Waals surface area contributed by atoms with Crippen LogP contribution in [-0.4, -0.2) is 155 Å². The van der Waals surface area contributed by atoms with E-state index < -0.39 is 10.9 Å². The number of nitrogens with two attached hydrogens (primary N) is 2. The molecule has 131 heavy (non-hydrogen) atoms. The summed E-state index contributed by atoms with van der Waals surface area (Å²) in [6, 6.07) is 60.7. The minimum atomic E-state index is -0.866. The first kappa shape index (κ1) is 103. The molecule has 0 unspecified atom stereocenters. The van der Waals surface area contributed by atoms with Crippen molar-refractivity contribution >= 4 is 190 Å². The van der Waals surface area contributed by atoms with Gasteiger partial charge in [0, 0.05) is 147 Å². The SMILES string of the molecule is C.CN(C(=O)/C=C/CN(C)C1CC1)c1cccc(-n2c(Cl)c(-c3ccc(Cl)cc3)c3c(N)ncnc32)c1.CN(C/C=C/C(=O)O)C1CC1.CNc1cccc(-n2c(Cl)c(-c3ccc(Cl)cc3)c3c(C)ncnc32)c1.CO.Cc1ncnc2c1c(-c1ccc(Cl)cc1)c(Cl)n2-c1cccc(N)c1.Cc1ncnc2c1c(-c1ccc(Cl)cc1)c(Cl)n2-c1cccc([N+](=O)[O-])c1.Cl.N.[Fe]. The van der Waals surface area contributed by atoms with Crippen molar-refractivity contribution in [2.75, 3.05) is 70.1 Å². The molecule has 8 heterocycles. The maximum Gasteiger partial charge on any atom is 0.328 e. The number of nitro groups is 1. The van der Waals surface area contributed by atoms with Crippen molar-refractivity contribution < 1.29 is 41.8 Å². The minimum absolute atomic E-state index is 0. The number of aliphatic carboxylic acids is 1. The Labute approximate surface area is 814 Å². The summed E-state index contributed by atoms with van der Waals surface area (Å²) in [6.07, 6.45) is 17.4. The molecule has 8 aromatic carbocycles. The number of carboxylic acid groups (broad SMARTS) is 1. The molecular weight excluding hydrogens is 1890 g/mol. The number of amides is 1. The number of hydrogen-bond donors (Lipinski definition) is 6. The number of rotatable bonds is 19. The molecule has 2 saturated carbocycles. The fourth-order valence-corrected chi connectivity index (χ4v) is 16.6. The van der Waals surface area contributed by atoms with Crippen LogP contribution in [0.1, 0.15) is 50.2 Å². The van der Waals surface area contributed by atoms with Crippen LogP contribution in [0, 0.1) is 30.9 Å². The Bertz CT molecular complexity index is 6790. The molecule has 0 aliphatic heterocycles.